The lowest BCUT2D eigenvalue weighted by Crippen LogP contribution is -2.43. The van der Waals surface area contributed by atoms with Crippen molar-refractivity contribution in [2.45, 2.75) is 6.42 Å². The van der Waals surface area contributed by atoms with Crippen LogP contribution in [0.2, 0.25) is 0 Å². The van der Waals surface area contributed by atoms with Gasteiger partial charge in [0.05, 0.1) is 6.61 Å². The van der Waals surface area contributed by atoms with E-state index in [0.29, 0.717) is 6.61 Å². The molecule has 1 fully saturated rings. The Balaban J connectivity index is 1.50. The molecule has 1 aliphatic heterocycles. The zero-order valence-electron chi connectivity index (χ0n) is 12.2. The standard InChI is InChI=1S/C17H21N3O/c1-2-15(14-19-8-1)7-13-21-17-5-3-16(4-6-17)20-11-9-18-10-12-20/h1-6,8,14,18H,7,9-13H2. The summed E-state index contributed by atoms with van der Waals surface area (Å²) in [5.41, 5.74) is 2.48. The Kier molecular flexibility index (Phi) is 4.69. The van der Waals surface area contributed by atoms with Gasteiger partial charge in [-0.1, -0.05) is 6.07 Å². The van der Waals surface area contributed by atoms with Crippen LogP contribution < -0.4 is 15.0 Å². The molecular formula is C17H21N3O. The molecule has 0 bridgehead atoms. The number of pyridine rings is 1. The first-order chi connectivity index (χ1) is 10.4. The van der Waals surface area contributed by atoms with Gasteiger partial charge in [-0.3, -0.25) is 4.98 Å². The van der Waals surface area contributed by atoms with Crippen LogP contribution >= 0.6 is 0 Å². The molecule has 4 nitrogen and oxygen atoms in total. The molecule has 1 aromatic carbocycles. The van der Waals surface area contributed by atoms with E-state index in [-0.39, 0.29) is 0 Å². The van der Waals surface area contributed by atoms with Crippen molar-refractivity contribution in [3.63, 3.8) is 0 Å². The summed E-state index contributed by atoms with van der Waals surface area (Å²) in [7, 11) is 0. The largest absolute Gasteiger partial charge is 0.493 e. The maximum absolute atomic E-state index is 5.79. The molecule has 0 saturated carbocycles. The average Bonchev–Trinajstić information content (AvgIpc) is 2.57. The van der Waals surface area contributed by atoms with Gasteiger partial charge in [0.1, 0.15) is 5.75 Å². The third-order valence-electron chi connectivity index (χ3n) is 3.70. The highest BCUT2D eigenvalue weighted by Gasteiger charge is 2.09. The fourth-order valence-electron chi connectivity index (χ4n) is 2.51. The van der Waals surface area contributed by atoms with Crippen molar-refractivity contribution < 1.29 is 4.74 Å². The molecule has 1 saturated heterocycles. The van der Waals surface area contributed by atoms with Crippen LogP contribution in [0.4, 0.5) is 5.69 Å². The minimum Gasteiger partial charge on any atom is -0.493 e. The number of ether oxygens (including phenoxy) is 1. The lowest BCUT2D eigenvalue weighted by molar-refractivity contribution is 0.322. The van der Waals surface area contributed by atoms with Gasteiger partial charge in [-0.25, -0.2) is 0 Å². The van der Waals surface area contributed by atoms with E-state index in [4.69, 9.17) is 4.74 Å². The molecule has 0 radical (unpaired) electrons. The Bertz CT molecular complexity index is 536. The lowest BCUT2D eigenvalue weighted by atomic mass is 10.2. The van der Waals surface area contributed by atoms with Crippen LogP contribution in [0.1, 0.15) is 5.56 Å². The van der Waals surface area contributed by atoms with E-state index < -0.39 is 0 Å². The van der Waals surface area contributed by atoms with Crippen molar-refractivity contribution >= 4 is 5.69 Å². The van der Waals surface area contributed by atoms with Crippen molar-refractivity contribution in [3.05, 3.63) is 54.4 Å². The molecule has 2 heterocycles. The van der Waals surface area contributed by atoms with E-state index in [9.17, 15) is 0 Å². The second-order valence-corrected chi connectivity index (χ2v) is 5.19. The summed E-state index contributed by atoms with van der Waals surface area (Å²) < 4.78 is 5.79. The van der Waals surface area contributed by atoms with Crippen molar-refractivity contribution in [3.8, 4) is 5.75 Å². The molecule has 21 heavy (non-hydrogen) atoms. The van der Waals surface area contributed by atoms with Crippen molar-refractivity contribution in [1.82, 2.24) is 10.3 Å². The second-order valence-electron chi connectivity index (χ2n) is 5.19. The molecule has 1 N–H and O–H groups in total. The normalized spacial score (nSPS) is 15.0. The molecule has 0 unspecified atom stereocenters. The molecule has 0 aliphatic carbocycles. The lowest BCUT2D eigenvalue weighted by Gasteiger charge is -2.29. The van der Waals surface area contributed by atoms with Crippen molar-refractivity contribution in [2.75, 3.05) is 37.7 Å². The Hall–Kier alpha value is -2.07. The van der Waals surface area contributed by atoms with Crippen LogP contribution in [0.15, 0.2) is 48.8 Å². The van der Waals surface area contributed by atoms with E-state index >= 15 is 0 Å². The van der Waals surface area contributed by atoms with Crippen LogP contribution in [0.5, 0.6) is 5.75 Å². The van der Waals surface area contributed by atoms with E-state index in [0.717, 1.165) is 38.3 Å². The zero-order valence-corrected chi connectivity index (χ0v) is 12.2. The van der Waals surface area contributed by atoms with Gasteiger partial charge in [-0.05, 0) is 35.9 Å². The summed E-state index contributed by atoms with van der Waals surface area (Å²) >= 11 is 0. The predicted octanol–water partition coefficient (Wildman–Crippen LogP) is 2.11. The summed E-state index contributed by atoms with van der Waals surface area (Å²) in [4.78, 5) is 6.51. The molecule has 4 heteroatoms. The van der Waals surface area contributed by atoms with Crippen LogP contribution in [-0.2, 0) is 6.42 Å². The third-order valence-corrected chi connectivity index (χ3v) is 3.70. The van der Waals surface area contributed by atoms with Crippen LogP contribution in [-0.4, -0.2) is 37.8 Å². The second kappa shape index (κ2) is 7.09. The molecule has 0 amide bonds. The fraction of sp³-hybridized carbons (Fsp3) is 0.353. The Labute approximate surface area is 125 Å². The number of aromatic nitrogens is 1. The number of anilines is 1. The fourth-order valence-corrected chi connectivity index (χ4v) is 2.51. The van der Waals surface area contributed by atoms with E-state index in [2.05, 4.69) is 45.5 Å². The van der Waals surface area contributed by atoms with E-state index in [1.807, 2.05) is 12.3 Å². The van der Waals surface area contributed by atoms with Gasteiger partial charge in [0.15, 0.2) is 0 Å². The first-order valence-corrected chi connectivity index (χ1v) is 7.49. The summed E-state index contributed by atoms with van der Waals surface area (Å²) in [5, 5.41) is 3.37. The van der Waals surface area contributed by atoms with E-state index in [1.54, 1.807) is 6.20 Å². The molecule has 0 atom stereocenters. The molecule has 3 rings (SSSR count). The summed E-state index contributed by atoms with van der Waals surface area (Å²) in [6.07, 6.45) is 4.56. The number of nitrogens with zero attached hydrogens (tertiary/aromatic N) is 2. The monoisotopic (exact) mass is 283 g/mol. The Morgan fingerprint density at radius 2 is 1.90 bits per heavy atom. The minimum atomic E-state index is 0.679. The quantitative estimate of drug-likeness (QED) is 0.912. The number of rotatable bonds is 5. The smallest absolute Gasteiger partial charge is 0.119 e. The van der Waals surface area contributed by atoms with Gasteiger partial charge in [-0.15, -0.1) is 0 Å². The summed E-state index contributed by atoms with van der Waals surface area (Å²) in [5.74, 6) is 0.928. The predicted molar refractivity (Wildman–Crippen MR) is 85.0 cm³/mol. The topological polar surface area (TPSA) is 37.4 Å². The highest BCUT2D eigenvalue weighted by atomic mass is 16.5. The summed E-state index contributed by atoms with van der Waals surface area (Å²) in [6, 6.07) is 12.4. The van der Waals surface area contributed by atoms with Crippen LogP contribution in [0.25, 0.3) is 0 Å². The van der Waals surface area contributed by atoms with Gasteiger partial charge in [0.25, 0.3) is 0 Å². The number of piperazine rings is 1. The molecule has 1 aliphatic rings. The van der Waals surface area contributed by atoms with Crippen LogP contribution in [0.3, 0.4) is 0 Å². The Morgan fingerprint density at radius 1 is 1.10 bits per heavy atom. The highest BCUT2D eigenvalue weighted by Crippen LogP contribution is 2.19. The number of nitrogens with one attached hydrogen (secondary N) is 1. The van der Waals surface area contributed by atoms with E-state index in [1.165, 1.54) is 11.3 Å². The number of hydrogen-bond donors (Lipinski definition) is 1. The van der Waals surface area contributed by atoms with Gasteiger partial charge >= 0.3 is 0 Å². The third kappa shape index (κ3) is 3.95. The average molecular weight is 283 g/mol. The maximum atomic E-state index is 5.79. The van der Waals surface area contributed by atoms with Crippen molar-refractivity contribution in [1.29, 1.82) is 0 Å². The van der Waals surface area contributed by atoms with Crippen molar-refractivity contribution in [2.24, 2.45) is 0 Å². The SMILES string of the molecule is c1cncc(CCOc2ccc(N3CCNCC3)cc2)c1. The van der Waals surface area contributed by atoms with Crippen LogP contribution in [0, 0.1) is 0 Å². The van der Waals surface area contributed by atoms with Gasteiger partial charge in [-0.2, -0.15) is 0 Å². The molecule has 0 spiro atoms. The number of benzene rings is 1. The molecule has 2 aromatic rings. The maximum Gasteiger partial charge on any atom is 0.119 e. The van der Waals surface area contributed by atoms with Gasteiger partial charge in [0.2, 0.25) is 0 Å². The molecular weight excluding hydrogens is 262 g/mol. The highest BCUT2D eigenvalue weighted by molar-refractivity contribution is 5.49. The first-order valence-electron chi connectivity index (χ1n) is 7.49. The summed E-state index contributed by atoms with van der Waals surface area (Å²) in [6.45, 7) is 4.94. The Morgan fingerprint density at radius 3 is 2.62 bits per heavy atom. The molecule has 1 aromatic heterocycles. The van der Waals surface area contributed by atoms with Gasteiger partial charge in [0, 0.05) is 50.7 Å². The van der Waals surface area contributed by atoms with Gasteiger partial charge < -0.3 is 15.0 Å². The number of hydrogen-bond acceptors (Lipinski definition) is 4. The minimum absolute atomic E-state index is 0.679. The zero-order chi connectivity index (χ0) is 14.3. The molecule has 110 valence electrons. The first kappa shape index (κ1) is 13.9.